The highest BCUT2D eigenvalue weighted by Gasteiger charge is 2.32. The maximum Gasteiger partial charge on any atom is 0.322 e. The van der Waals surface area contributed by atoms with E-state index in [1.54, 1.807) is 18.6 Å². The summed E-state index contributed by atoms with van der Waals surface area (Å²) in [6.45, 7) is 3.94. The smallest absolute Gasteiger partial charge is 0.322 e. The molecule has 1 aromatic rings. The van der Waals surface area contributed by atoms with Gasteiger partial charge < -0.3 is 10.4 Å². The van der Waals surface area contributed by atoms with Gasteiger partial charge in [0, 0.05) is 38.2 Å². The first kappa shape index (κ1) is 11.9. The predicted molar refractivity (Wildman–Crippen MR) is 61.4 cm³/mol. The van der Waals surface area contributed by atoms with Gasteiger partial charge in [0.15, 0.2) is 0 Å². The molecule has 0 radical (unpaired) electrons. The first-order chi connectivity index (χ1) is 8.20. The zero-order valence-electron chi connectivity index (χ0n) is 9.71. The second-order valence-corrected chi connectivity index (χ2v) is 4.10. The summed E-state index contributed by atoms with van der Waals surface area (Å²) in [6, 6.07) is -0.535. The minimum atomic E-state index is -0.798. The number of rotatable bonds is 3. The highest BCUT2D eigenvalue weighted by atomic mass is 16.4. The van der Waals surface area contributed by atoms with Crippen molar-refractivity contribution in [3.63, 3.8) is 0 Å². The monoisotopic (exact) mass is 236 g/mol. The standard InChI is InChI=1S/C11H16N4O2/c1-8(9-6-12-2-3-14-9)15-5-4-13-7-10(15)11(16)17/h2-3,6,8,10,13H,4-5,7H2,1H3,(H,16,17)/t8-,10-/m1/s1. The van der Waals surface area contributed by atoms with Crippen LogP contribution in [0.1, 0.15) is 18.7 Å². The van der Waals surface area contributed by atoms with Crippen molar-refractivity contribution in [1.29, 1.82) is 0 Å². The Morgan fingerprint density at radius 1 is 1.65 bits per heavy atom. The van der Waals surface area contributed by atoms with Crippen LogP contribution in [0.5, 0.6) is 0 Å². The molecule has 6 nitrogen and oxygen atoms in total. The molecular weight excluding hydrogens is 220 g/mol. The zero-order valence-corrected chi connectivity index (χ0v) is 9.71. The van der Waals surface area contributed by atoms with Gasteiger partial charge in [-0.3, -0.25) is 19.7 Å². The van der Waals surface area contributed by atoms with Gasteiger partial charge in [-0.05, 0) is 6.92 Å². The summed E-state index contributed by atoms with van der Waals surface area (Å²) in [5, 5.41) is 12.3. The molecule has 1 fully saturated rings. The van der Waals surface area contributed by atoms with Crippen molar-refractivity contribution >= 4 is 5.97 Å². The number of aromatic nitrogens is 2. The Morgan fingerprint density at radius 2 is 2.47 bits per heavy atom. The highest BCUT2D eigenvalue weighted by molar-refractivity contribution is 5.74. The van der Waals surface area contributed by atoms with Gasteiger partial charge in [-0.15, -0.1) is 0 Å². The van der Waals surface area contributed by atoms with E-state index in [4.69, 9.17) is 0 Å². The zero-order chi connectivity index (χ0) is 12.3. The fourth-order valence-corrected chi connectivity index (χ4v) is 2.11. The van der Waals surface area contributed by atoms with E-state index in [0.29, 0.717) is 13.1 Å². The number of piperazine rings is 1. The van der Waals surface area contributed by atoms with E-state index < -0.39 is 12.0 Å². The Balaban J connectivity index is 2.16. The lowest BCUT2D eigenvalue weighted by molar-refractivity contribution is -0.145. The van der Waals surface area contributed by atoms with E-state index in [1.807, 2.05) is 11.8 Å². The van der Waals surface area contributed by atoms with Crippen LogP contribution in [-0.2, 0) is 4.79 Å². The molecule has 0 bridgehead atoms. The van der Waals surface area contributed by atoms with Crippen LogP contribution < -0.4 is 5.32 Å². The van der Waals surface area contributed by atoms with E-state index in [9.17, 15) is 9.90 Å². The van der Waals surface area contributed by atoms with Gasteiger partial charge in [0.2, 0.25) is 0 Å². The maximum atomic E-state index is 11.2. The van der Waals surface area contributed by atoms with Crippen molar-refractivity contribution in [3.05, 3.63) is 24.3 Å². The summed E-state index contributed by atoms with van der Waals surface area (Å²) < 4.78 is 0. The normalized spacial score (nSPS) is 23.2. The van der Waals surface area contributed by atoms with Crippen LogP contribution in [0, 0.1) is 0 Å². The third-order valence-electron chi connectivity index (χ3n) is 3.08. The minimum Gasteiger partial charge on any atom is -0.480 e. The molecular formula is C11H16N4O2. The Morgan fingerprint density at radius 3 is 3.12 bits per heavy atom. The number of carbonyl (C=O) groups is 1. The predicted octanol–water partition coefficient (Wildman–Crippen LogP) is -0.104. The molecule has 1 aliphatic heterocycles. The third-order valence-corrected chi connectivity index (χ3v) is 3.08. The number of carboxylic acid groups (broad SMARTS) is 1. The molecule has 17 heavy (non-hydrogen) atoms. The van der Waals surface area contributed by atoms with Crippen LogP contribution in [0.2, 0.25) is 0 Å². The lowest BCUT2D eigenvalue weighted by Gasteiger charge is -2.37. The van der Waals surface area contributed by atoms with Crippen molar-refractivity contribution in [1.82, 2.24) is 20.2 Å². The number of aliphatic carboxylic acids is 1. The molecule has 0 unspecified atom stereocenters. The molecule has 2 heterocycles. The average Bonchev–Trinajstić information content (AvgIpc) is 2.39. The summed E-state index contributed by atoms with van der Waals surface area (Å²) in [7, 11) is 0. The van der Waals surface area contributed by atoms with Crippen LogP contribution >= 0.6 is 0 Å². The summed E-state index contributed by atoms with van der Waals surface area (Å²) in [5.41, 5.74) is 0.806. The number of carboxylic acids is 1. The molecule has 0 spiro atoms. The lowest BCUT2D eigenvalue weighted by atomic mass is 10.1. The van der Waals surface area contributed by atoms with Gasteiger partial charge in [0.1, 0.15) is 6.04 Å². The van der Waals surface area contributed by atoms with Crippen molar-refractivity contribution in [2.75, 3.05) is 19.6 Å². The van der Waals surface area contributed by atoms with Crippen LogP contribution in [0.3, 0.4) is 0 Å². The van der Waals surface area contributed by atoms with Crippen LogP contribution in [0.4, 0.5) is 0 Å². The molecule has 0 aliphatic carbocycles. The molecule has 0 saturated carbocycles. The van der Waals surface area contributed by atoms with Crippen LogP contribution in [-0.4, -0.2) is 51.6 Å². The molecule has 6 heteroatoms. The SMILES string of the molecule is C[C@H](c1cnccn1)N1CCNC[C@@H]1C(=O)O. The van der Waals surface area contributed by atoms with Crippen LogP contribution in [0.15, 0.2) is 18.6 Å². The average molecular weight is 236 g/mol. The van der Waals surface area contributed by atoms with Gasteiger partial charge in [0.05, 0.1) is 11.7 Å². The second-order valence-electron chi connectivity index (χ2n) is 4.10. The van der Waals surface area contributed by atoms with Crippen molar-refractivity contribution in [2.24, 2.45) is 0 Å². The van der Waals surface area contributed by atoms with E-state index >= 15 is 0 Å². The van der Waals surface area contributed by atoms with Crippen molar-refractivity contribution in [2.45, 2.75) is 19.0 Å². The Kier molecular flexibility index (Phi) is 3.65. The number of hydrogen-bond acceptors (Lipinski definition) is 5. The largest absolute Gasteiger partial charge is 0.480 e. The highest BCUT2D eigenvalue weighted by Crippen LogP contribution is 2.21. The van der Waals surface area contributed by atoms with Gasteiger partial charge >= 0.3 is 5.97 Å². The number of nitrogens with zero attached hydrogens (tertiary/aromatic N) is 3. The second kappa shape index (κ2) is 5.20. The topological polar surface area (TPSA) is 78.4 Å². The first-order valence-electron chi connectivity index (χ1n) is 5.65. The van der Waals surface area contributed by atoms with E-state index in [1.165, 1.54) is 0 Å². The maximum absolute atomic E-state index is 11.2. The van der Waals surface area contributed by atoms with E-state index in [-0.39, 0.29) is 6.04 Å². The van der Waals surface area contributed by atoms with Gasteiger partial charge in [0.25, 0.3) is 0 Å². The third kappa shape index (κ3) is 2.59. The van der Waals surface area contributed by atoms with Crippen molar-refractivity contribution < 1.29 is 9.90 Å². The molecule has 1 aromatic heterocycles. The molecule has 2 atom stereocenters. The fourth-order valence-electron chi connectivity index (χ4n) is 2.11. The van der Waals surface area contributed by atoms with E-state index in [2.05, 4.69) is 15.3 Å². The Hall–Kier alpha value is -1.53. The van der Waals surface area contributed by atoms with Gasteiger partial charge in [-0.1, -0.05) is 0 Å². The molecule has 2 N–H and O–H groups in total. The summed E-state index contributed by atoms with van der Waals surface area (Å²) in [6.07, 6.45) is 4.93. The van der Waals surface area contributed by atoms with Gasteiger partial charge in [-0.2, -0.15) is 0 Å². The molecule has 92 valence electrons. The molecule has 0 amide bonds. The number of nitrogens with one attached hydrogen (secondary N) is 1. The quantitative estimate of drug-likeness (QED) is 0.763. The van der Waals surface area contributed by atoms with Gasteiger partial charge in [-0.25, -0.2) is 0 Å². The first-order valence-corrected chi connectivity index (χ1v) is 5.65. The Bertz CT molecular complexity index is 384. The van der Waals surface area contributed by atoms with Crippen molar-refractivity contribution in [3.8, 4) is 0 Å². The summed E-state index contributed by atoms with van der Waals surface area (Å²) in [5.74, 6) is -0.798. The molecule has 1 saturated heterocycles. The van der Waals surface area contributed by atoms with E-state index in [0.717, 1.165) is 12.2 Å². The minimum absolute atomic E-state index is 0.0353. The summed E-state index contributed by atoms with van der Waals surface area (Å²) in [4.78, 5) is 21.4. The molecule has 1 aliphatic rings. The fraction of sp³-hybridized carbons (Fsp3) is 0.545. The lowest BCUT2D eigenvalue weighted by Crippen LogP contribution is -2.55. The molecule has 0 aromatic carbocycles. The summed E-state index contributed by atoms with van der Waals surface area (Å²) >= 11 is 0. The Labute approximate surface area is 99.7 Å². The number of hydrogen-bond donors (Lipinski definition) is 2. The van der Waals surface area contributed by atoms with Crippen LogP contribution in [0.25, 0.3) is 0 Å². The molecule has 2 rings (SSSR count).